The van der Waals surface area contributed by atoms with E-state index in [4.69, 9.17) is 4.52 Å². The fraction of sp³-hybridized carbons (Fsp3) is 0.333. The predicted molar refractivity (Wildman–Crippen MR) is 87.8 cm³/mol. The quantitative estimate of drug-likeness (QED) is 0.630. The van der Waals surface area contributed by atoms with Crippen molar-refractivity contribution in [3.63, 3.8) is 0 Å². The molecule has 8 heteroatoms. The van der Waals surface area contributed by atoms with Crippen molar-refractivity contribution in [2.75, 3.05) is 13.3 Å². The number of nitrogens with zero attached hydrogens (tertiary/aromatic N) is 2. The van der Waals surface area contributed by atoms with Gasteiger partial charge in [0, 0.05) is 25.9 Å². The number of aliphatic imine (C=N–C) groups is 1. The first-order chi connectivity index (χ1) is 10.9. The van der Waals surface area contributed by atoms with Crippen molar-refractivity contribution in [3.05, 3.63) is 47.3 Å². The molecule has 0 radical (unpaired) electrons. The number of aryl methyl sites for hydroxylation is 1. The number of sulfone groups is 1. The van der Waals surface area contributed by atoms with Crippen LogP contribution in [0.3, 0.4) is 0 Å². The molecule has 124 valence electrons. The molecule has 0 bridgehead atoms. The van der Waals surface area contributed by atoms with Crippen LogP contribution in [0, 0.1) is 6.92 Å². The van der Waals surface area contributed by atoms with Gasteiger partial charge in [-0.15, -0.1) is 0 Å². The molecule has 1 aromatic heterocycles. The van der Waals surface area contributed by atoms with Crippen molar-refractivity contribution in [2.45, 2.75) is 24.9 Å². The zero-order chi connectivity index (χ0) is 16.9. The van der Waals surface area contributed by atoms with Crippen LogP contribution in [0.25, 0.3) is 0 Å². The first-order valence-electron chi connectivity index (χ1n) is 7.03. The minimum Gasteiger partial charge on any atom is -0.364 e. The summed E-state index contributed by atoms with van der Waals surface area (Å²) in [5, 5.41) is 10.1. The van der Waals surface area contributed by atoms with Crippen LogP contribution in [0.4, 0.5) is 0 Å². The van der Waals surface area contributed by atoms with E-state index in [-0.39, 0.29) is 0 Å². The summed E-state index contributed by atoms with van der Waals surface area (Å²) in [4.78, 5) is 4.48. The molecule has 0 spiro atoms. The van der Waals surface area contributed by atoms with Crippen molar-refractivity contribution in [2.24, 2.45) is 4.99 Å². The number of nitrogens with one attached hydrogen (secondary N) is 2. The molecule has 0 aliphatic carbocycles. The Labute approximate surface area is 135 Å². The van der Waals surface area contributed by atoms with Crippen LogP contribution in [0.5, 0.6) is 0 Å². The summed E-state index contributed by atoms with van der Waals surface area (Å²) in [6.07, 6.45) is 2.72. The number of benzene rings is 1. The zero-order valence-electron chi connectivity index (χ0n) is 13.3. The van der Waals surface area contributed by atoms with Gasteiger partial charge in [-0.3, -0.25) is 4.99 Å². The van der Waals surface area contributed by atoms with Crippen molar-refractivity contribution in [1.82, 2.24) is 15.8 Å². The molecular weight excluding hydrogens is 316 g/mol. The standard InChI is InChI=1S/C15H20N4O3S/c1-11-8-12(4-5-14(11)23(3,20)21)9-17-15(16-2)18-10-13-6-7-22-19-13/h4-8H,9-10H2,1-3H3,(H2,16,17,18). The molecule has 2 aromatic rings. The van der Waals surface area contributed by atoms with E-state index in [0.29, 0.717) is 23.9 Å². The average molecular weight is 336 g/mol. The Morgan fingerprint density at radius 2 is 2.00 bits per heavy atom. The third kappa shape index (κ3) is 4.82. The first-order valence-corrected chi connectivity index (χ1v) is 8.92. The molecule has 1 aromatic carbocycles. The summed E-state index contributed by atoms with van der Waals surface area (Å²) in [5.74, 6) is 0.623. The van der Waals surface area contributed by atoms with E-state index in [0.717, 1.165) is 16.8 Å². The second kappa shape index (κ2) is 7.28. The van der Waals surface area contributed by atoms with E-state index in [1.165, 1.54) is 12.5 Å². The summed E-state index contributed by atoms with van der Waals surface area (Å²) in [6, 6.07) is 7.05. The van der Waals surface area contributed by atoms with Gasteiger partial charge in [-0.2, -0.15) is 0 Å². The number of aromatic nitrogens is 1. The molecule has 7 nitrogen and oxygen atoms in total. The second-order valence-electron chi connectivity index (χ2n) is 5.14. The number of hydrogen-bond acceptors (Lipinski definition) is 5. The summed E-state index contributed by atoms with van der Waals surface area (Å²) in [5.41, 5.74) is 2.48. The lowest BCUT2D eigenvalue weighted by molar-refractivity contribution is 0.410. The molecule has 0 amide bonds. The highest BCUT2D eigenvalue weighted by molar-refractivity contribution is 7.90. The van der Waals surface area contributed by atoms with E-state index < -0.39 is 9.84 Å². The van der Waals surface area contributed by atoms with Gasteiger partial charge in [0.15, 0.2) is 15.8 Å². The van der Waals surface area contributed by atoms with E-state index in [9.17, 15) is 8.42 Å². The van der Waals surface area contributed by atoms with Crippen LogP contribution in [-0.2, 0) is 22.9 Å². The maximum Gasteiger partial charge on any atom is 0.191 e. The monoisotopic (exact) mass is 336 g/mol. The summed E-state index contributed by atoms with van der Waals surface area (Å²) in [7, 11) is -1.52. The number of rotatable bonds is 5. The predicted octanol–water partition coefficient (Wildman–Crippen LogP) is 1.25. The van der Waals surface area contributed by atoms with Crippen LogP contribution < -0.4 is 10.6 Å². The summed E-state index contributed by atoms with van der Waals surface area (Å²) in [6.45, 7) is 2.82. The SMILES string of the molecule is CN=C(NCc1ccc(S(C)(=O)=O)c(C)c1)NCc1ccon1. The molecule has 0 unspecified atom stereocenters. The molecule has 2 rings (SSSR count). The molecule has 1 heterocycles. The second-order valence-corrected chi connectivity index (χ2v) is 7.13. The number of hydrogen-bond donors (Lipinski definition) is 2. The Kier molecular flexibility index (Phi) is 5.38. The van der Waals surface area contributed by atoms with E-state index in [1.807, 2.05) is 6.07 Å². The summed E-state index contributed by atoms with van der Waals surface area (Å²) >= 11 is 0. The van der Waals surface area contributed by atoms with Gasteiger partial charge in [0.2, 0.25) is 0 Å². The van der Waals surface area contributed by atoms with Crippen molar-refractivity contribution >= 4 is 15.8 Å². The lowest BCUT2D eigenvalue weighted by atomic mass is 10.1. The van der Waals surface area contributed by atoms with Gasteiger partial charge in [0.05, 0.1) is 11.4 Å². The Morgan fingerprint density at radius 3 is 2.57 bits per heavy atom. The lowest BCUT2D eigenvalue weighted by Crippen LogP contribution is -2.36. The third-order valence-corrected chi connectivity index (χ3v) is 4.51. The fourth-order valence-corrected chi connectivity index (χ4v) is 3.11. The molecular formula is C15H20N4O3S. The maximum atomic E-state index is 11.6. The third-order valence-electron chi connectivity index (χ3n) is 3.25. The Balaban J connectivity index is 1.95. The number of guanidine groups is 1. The topological polar surface area (TPSA) is 96.6 Å². The van der Waals surface area contributed by atoms with Gasteiger partial charge in [-0.05, 0) is 24.1 Å². The molecule has 0 aliphatic rings. The van der Waals surface area contributed by atoms with Crippen LogP contribution in [0.15, 0.2) is 44.9 Å². The largest absolute Gasteiger partial charge is 0.364 e. The molecule has 0 aliphatic heterocycles. The molecule has 0 saturated carbocycles. The normalized spacial score (nSPS) is 12.2. The minimum absolute atomic E-state index is 0.356. The highest BCUT2D eigenvalue weighted by Gasteiger charge is 2.11. The Morgan fingerprint density at radius 1 is 1.26 bits per heavy atom. The van der Waals surface area contributed by atoms with Gasteiger partial charge in [-0.1, -0.05) is 17.3 Å². The highest BCUT2D eigenvalue weighted by atomic mass is 32.2. The van der Waals surface area contributed by atoms with E-state index in [2.05, 4.69) is 20.8 Å². The molecule has 2 N–H and O–H groups in total. The van der Waals surface area contributed by atoms with Gasteiger partial charge in [0.1, 0.15) is 12.0 Å². The maximum absolute atomic E-state index is 11.6. The first kappa shape index (κ1) is 17.0. The highest BCUT2D eigenvalue weighted by Crippen LogP contribution is 2.16. The molecule has 23 heavy (non-hydrogen) atoms. The molecule has 0 atom stereocenters. The van der Waals surface area contributed by atoms with E-state index in [1.54, 1.807) is 32.2 Å². The van der Waals surface area contributed by atoms with Crippen LogP contribution in [-0.4, -0.2) is 32.8 Å². The van der Waals surface area contributed by atoms with E-state index >= 15 is 0 Å². The smallest absolute Gasteiger partial charge is 0.191 e. The fourth-order valence-electron chi connectivity index (χ4n) is 2.15. The average Bonchev–Trinajstić information content (AvgIpc) is 2.99. The van der Waals surface area contributed by atoms with Crippen molar-refractivity contribution < 1.29 is 12.9 Å². The minimum atomic E-state index is -3.19. The van der Waals surface area contributed by atoms with Crippen LogP contribution in [0.2, 0.25) is 0 Å². The molecule has 0 fully saturated rings. The van der Waals surface area contributed by atoms with Crippen LogP contribution in [0.1, 0.15) is 16.8 Å². The van der Waals surface area contributed by atoms with Crippen LogP contribution >= 0.6 is 0 Å². The zero-order valence-corrected chi connectivity index (χ0v) is 14.1. The van der Waals surface area contributed by atoms with Gasteiger partial charge < -0.3 is 15.2 Å². The molecule has 0 saturated heterocycles. The van der Waals surface area contributed by atoms with Crippen molar-refractivity contribution in [3.8, 4) is 0 Å². The van der Waals surface area contributed by atoms with Gasteiger partial charge >= 0.3 is 0 Å². The summed E-state index contributed by atoms with van der Waals surface area (Å²) < 4.78 is 28.0. The van der Waals surface area contributed by atoms with Gasteiger partial charge in [-0.25, -0.2) is 8.42 Å². The Hall–Kier alpha value is -2.35. The lowest BCUT2D eigenvalue weighted by Gasteiger charge is -2.12. The Bertz CT molecular complexity index is 783. The van der Waals surface area contributed by atoms with Gasteiger partial charge in [0.25, 0.3) is 0 Å². The van der Waals surface area contributed by atoms with Crippen molar-refractivity contribution in [1.29, 1.82) is 0 Å².